The maximum absolute atomic E-state index is 12.3. The van der Waals surface area contributed by atoms with Gasteiger partial charge in [-0.1, -0.05) is 35.9 Å². The number of rotatable bonds is 7. The van der Waals surface area contributed by atoms with Crippen LogP contribution in [0.3, 0.4) is 0 Å². The normalized spacial score (nSPS) is 17.0. The van der Waals surface area contributed by atoms with Gasteiger partial charge in [0.15, 0.2) is 0 Å². The zero-order valence-corrected chi connectivity index (χ0v) is 17.2. The molecule has 1 heterocycles. The number of nitrogens with zero attached hydrogens (tertiary/aromatic N) is 1. The van der Waals surface area contributed by atoms with Crippen LogP contribution in [-0.2, 0) is 27.3 Å². The van der Waals surface area contributed by atoms with Crippen molar-refractivity contribution in [3.8, 4) is 0 Å². The second-order valence-corrected chi connectivity index (χ2v) is 7.65. The van der Waals surface area contributed by atoms with E-state index in [1.165, 1.54) is 12.5 Å². The highest BCUT2D eigenvalue weighted by atomic mass is 35.5. The molecule has 0 aliphatic carbocycles. The van der Waals surface area contributed by atoms with Crippen LogP contribution < -0.4 is 10.6 Å². The average Bonchev–Trinajstić information content (AvgIpc) is 2.68. The molecule has 2 amide bonds. The molecule has 1 fully saturated rings. The Balaban J connectivity index is 1.43. The highest BCUT2D eigenvalue weighted by Crippen LogP contribution is 2.15. The Labute approximate surface area is 176 Å². The first-order valence-electron chi connectivity index (χ1n) is 9.69. The van der Waals surface area contributed by atoms with Crippen molar-refractivity contribution in [3.05, 3.63) is 64.7 Å². The van der Waals surface area contributed by atoms with E-state index in [2.05, 4.69) is 21.6 Å². The molecule has 0 radical (unpaired) electrons. The Hall–Kier alpha value is -2.41. The number of nitrogens with one attached hydrogen (secondary N) is 2. The van der Waals surface area contributed by atoms with Crippen LogP contribution in [0.5, 0.6) is 0 Å². The first-order valence-corrected chi connectivity index (χ1v) is 10.1. The summed E-state index contributed by atoms with van der Waals surface area (Å²) in [5.74, 6) is -0.166. The summed E-state index contributed by atoms with van der Waals surface area (Å²) in [6.07, 6.45) is 0.258. The number of ether oxygens (including phenoxy) is 1. The molecule has 2 N–H and O–H groups in total. The van der Waals surface area contributed by atoms with Gasteiger partial charge in [0.2, 0.25) is 11.8 Å². The van der Waals surface area contributed by atoms with E-state index in [0.717, 1.165) is 35.9 Å². The molecule has 0 saturated carbocycles. The van der Waals surface area contributed by atoms with Crippen molar-refractivity contribution in [2.24, 2.45) is 0 Å². The monoisotopic (exact) mass is 415 g/mol. The molecule has 1 aliphatic rings. The summed E-state index contributed by atoms with van der Waals surface area (Å²) < 4.78 is 5.80. The minimum Gasteiger partial charge on any atom is -0.374 e. The van der Waals surface area contributed by atoms with E-state index in [1.807, 2.05) is 30.3 Å². The second kappa shape index (κ2) is 10.4. The topological polar surface area (TPSA) is 70.7 Å². The molecule has 7 heteroatoms. The molecule has 29 heavy (non-hydrogen) atoms. The number of carbonyl (C=O) groups is 2. The van der Waals surface area contributed by atoms with Gasteiger partial charge >= 0.3 is 0 Å². The number of anilines is 1. The van der Waals surface area contributed by atoms with Gasteiger partial charge in [0, 0.05) is 43.8 Å². The van der Waals surface area contributed by atoms with Gasteiger partial charge < -0.3 is 15.4 Å². The molecule has 0 aromatic heterocycles. The minimum atomic E-state index is -0.118. The van der Waals surface area contributed by atoms with Gasteiger partial charge in [0.25, 0.3) is 0 Å². The van der Waals surface area contributed by atoms with Gasteiger partial charge in [-0.05, 0) is 35.4 Å². The number of hydrogen-bond donors (Lipinski definition) is 2. The molecule has 1 atom stereocenters. The predicted molar refractivity (Wildman–Crippen MR) is 114 cm³/mol. The molecule has 3 rings (SSSR count). The van der Waals surface area contributed by atoms with Crippen molar-refractivity contribution in [1.82, 2.24) is 10.2 Å². The van der Waals surface area contributed by atoms with Crippen molar-refractivity contribution in [3.63, 3.8) is 0 Å². The van der Waals surface area contributed by atoms with E-state index in [9.17, 15) is 9.59 Å². The molecule has 6 nitrogen and oxygen atoms in total. The molecule has 2 aromatic carbocycles. The summed E-state index contributed by atoms with van der Waals surface area (Å²) in [6, 6.07) is 15.1. The van der Waals surface area contributed by atoms with E-state index < -0.39 is 0 Å². The van der Waals surface area contributed by atoms with Gasteiger partial charge in [0.05, 0.1) is 19.1 Å². The molecule has 1 saturated heterocycles. The second-order valence-electron chi connectivity index (χ2n) is 7.22. The summed E-state index contributed by atoms with van der Waals surface area (Å²) in [5.41, 5.74) is 2.78. The quantitative estimate of drug-likeness (QED) is 0.729. The lowest BCUT2D eigenvalue weighted by molar-refractivity contribution is -0.121. The smallest absolute Gasteiger partial charge is 0.224 e. The third-order valence-electron chi connectivity index (χ3n) is 4.68. The third kappa shape index (κ3) is 7.16. The molecule has 0 spiro atoms. The molecule has 2 aromatic rings. The Morgan fingerprint density at radius 2 is 1.97 bits per heavy atom. The number of halogens is 1. The first-order chi connectivity index (χ1) is 14.0. The fourth-order valence-electron chi connectivity index (χ4n) is 3.33. The number of benzene rings is 2. The van der Waals surface area contributed by atoms with E-state index in [4.69, 9.17) is 16.3 Å². The highest BCUT2D eigenvalue weighted by Gasteiger charge is 2.21. The number of carbonyl (C=O) groups excluding carboxylic acids is 2. The number of amides is 2. The largest absolute Gasteiger partial charge is 0.374 e. The maximum atomic E-state index is 12.3. The Kier molecular flexibility index (Phi) is 7.63. The standard InChI is InChI=1S/C22H26ClN3O3/c1-16(27)25-20-7-5-17(6-8-20)12-22(28)24-13-21-15-26(9-10-29-21)14-18-3-2-4-19(23)11-18/h2-8,11,21H,9-10,12-15H2,1H3,(H,24,28)(H,25,27). The Morgan fingerprint density at radius 1 is 1.17 bits per heavy atom. The summed E-state index contributed by atoms with van der Waals surface area (Å²) in [7, 11) is 0. The Morgan fingerprint density at radius 3 is 2.69 bits per heavy atom. The SMILES string of the molecule is CC(=O)Nc1ccc(CC(=O)NCC2CN(Cc3cccc(Cl)c3)CCO2)cc1. The molecule has 154 valence electrons. The zero-order chi connectivity index (χ0) is 20.6. The van der Waals surface area contributed by atoms with Crippen LogP contribution in [0, 0.1) is 0 Å². The highest BCUT2D eigenvalue weighted by molar-refractivity contribution is 6.30. The van der Waals surface area contributed by atoms with Crippen LogP contribution in [0.2, 0.25) is 5.02 Å². The summed E-state index contributed by atoms with van der Waals surface area (Å²) in [4.78, 5) is 25.6. The van der Waals surface area contributed by atoms with E-state index in [-0.39, 0.29) is 17.9 Å². The lowest BCUT2D eigenvalue weighted by Crippen LogP contribution is -2.47. The van der Waals surface area contributed by atoms with Gasteiger partial charge in [-0.2, -0.15) is 0 Å². The molecule has 0 bridgehead atoms. The zero-order valence-electron chi connectivity index (χ0n) is 16.5. The molecule has 1 aliphatic heterocycles. The van der Waals surface area contributed by atoms with Crippen LogP contribution in [0.4, 0.5) is 5.69 Å². The van der Waals surface area contributed by atoms with Crippen molar-refractivity contribution < 1.29 is 14.3 Å². The van der Waals surface area contributed by atoms with Crippen LogP contribution >= 0.6 is 11.6 Å². The summed E-state index contributed by atoms with van der Waals surface area (Å²) in [6.45, 7) is 5.02. The molecular weight excluding hydrogens is 390 g/mol. The van der Waals surface area contributed by atoms with Gasteiger partial charge in [-0.3, -0.25) is 14.5 Å². The average molecular weight is 416 g/mol. The fourth-order valence-corrected chi connectivity index (χ4v) is 3.54. The molecule has 1 unspecified atom stereocenters. The van der Waals surface area contributed by atoms with E-state index in [1.54, 1.807) is 12.1 Å². The van der Waals surface area contributed by atoms with Crippen molar-refractivity contribution in [2.75, 3.05) is 31.6 Å². The minimum absolute atomic E-state index is 0.0333. The van der Waals surface area contributed by atoms with Gasteiger partial charge in [0.1, 0.15) is 0 Å². The van der Waals surface area contributed by atoms with Crippen LogP contribution in [0.15, 0.2) is 48.5 Å². The van der Waals surface area contributed by atoms with Crippen LogP contribution in [-0.4, -0.2) is 49.1 Å². The third-order valence-corrected chi connectivity index (χ3v) is 4.92. The van der Waals surface area contributed by atoms with E-state index in [0.29, 0.717) is 19.6 Å². The van der Waals surface area contributed by atoms with Gasteiger partial charge in [-0.15, -0.1) is 0 Å². The number of hydrogen-bond acceptors (Lipinski definition) is 4. The van der Waals surface area contributed by atoms with Gasteiger partial charge in [-0.25, -0.2) is 0 Å². The maximum Gasteiger partial charge on any atom is 0.224 e. The fraction of sp³-hybridized carbons (Fsp3) is 0.364. The molecular formula is C22H26ClN3O3. The lowest BCUT2D eigenvalue weighted by atomic mass is 10.1. The first kappa shape index (κ1) is 21.3. The van der Waals surface area contributed by atoms with Crippen molar-refractivity contribution in [2.45, 2.75) is 26.0 Å². The van der Waals surface area contributed by atoms with Crippen LogP contribution in [0.25, 0.3) is 0 Å². The Bertz CT molecular complexity index is 841. The van der Waals surface area contributed by atoms with Crippen molar-refractivity contribution in [1.29, 1.82) is 0 Å². The van der Waals surface area contributed by atoms with Crippen molar-refractivity contribution >= 4 is 29.1 Å². The predicted octanol–water partition coefficient (Wildman–Crippen LogP) is 2.86. The summed E-state index contributed by atoms with van der Waals surface area (Å²) in [5, 5.41) is 6.41. The van der Waals surface area contributed by atoms with Crippen LogP contribution in [0.1, 0.15) is 18.1 Å². The van der Waals surface area contributed by atoms with E-state index >= 15 is 0 Å². The lowest BCUT2D eigenvalue weighted by Gasteiger charge is -2.33. The number of morpholine rings is 1. The summed E-state index contributed by atoms with van der Waals surface area (Å²) >= 11 is 6.06.